The number of rotatable bonds is 6. The van der Waals surface area contributed by atoms with Gasteiger partial charge >= 0.3 is 0 Å². The van der Waals surface area contributed by atoms with E-state index in [-0.39, 0.29) is 11.4 Å². The van der Waals surface area contributed by atoms with E-state index in [0.717, 1.165) is 17.7 Å². The smallest absolute Gasteiger partial charge is 0.272 e. The molecule has 30 heavy (non-hydrogen) atoms. The summed E-state index contributed by atoms with van der Waals surface area (Å²) in [5, 5.41) is 0.895. The maximum atomic E-state index is 13.5. The van der Waals surface area contributed by atoms with Crippen molar-refractivity contribution in [3.8, 4) is 17.2 Å². The van der Waals surface area contributed by atoms with Crippen LogP contribution in [0.4, 0.5) is 4.39 Å². The number of hydrogen-bond donors (Lipinski definition) is 0. The molecule has 156 valence electrons. The Morgan fingerprint density at radius 1 is 1.17 bits per heavy atom. The van der Waals surface area contributed by atoms with Crippen molar-refractivity contribution in [3.63, 3.8) is 0 Å². The van der Waals surface area contributed by atoms with Gasteiger partial charge in [-0.15, -0.1) is 11.8 Å². The third-order valence-corrected chi connectivity index (χ3v) is 6.97. The van der Waals surface area contributed by atoms with E-state index in [9.17, 15) is 9.18 Å². The first-order chi connectivity index (χ1) is 14.5. The van der Waals surface area contributed by atoms with E-state index >= 15 is 0 Å². The van der Waals surface area contributed by atoms with Crippen molar-refractivity contribution >= 4 is 23.5 Å². The van der Waals surface area contributed by atoms with Gasteiger partial charge in [0.05, 0.1) is 30.5 Å². The van der Waals surface area contributed by atoms with Gasteiger partial charge < -0.3 is 9.47 Å². The van der Waals surface area contributed by atoms with Crippen molar-refractivity contribution < 1.29 is 13.9 Å². The minimum Gasteiger partial charge on any atom is -0.497 e. The first kappa shape index (κ1) is 20.8. The molecule has 0 radical (unpaired) electrons. The fourth-order valence-electron chi connectivity index (χ4n) is 3.31. The number of benzene rings is 2. The fourth-order valence-corrected chi connectivity index (χ4v) is 5.37. The topological polar surface area (TPSA) is 53.3 Å². The Morgan fingerprint density at radius 3 is 2.47 bits per heavy atom. The van der Waals surface area contributed by atoms with Crippen LogP contribution in [0, 0.1) is 5.82 Å². The summed E-state index contributed by atoms with van der Waals surface area (Å²) in [7, 11) is 3.22. The van der Waals surface area contributed by atoms with Gasteiger partial charge in [0.2, 0.25) is 0 Å². The summed E-state index contributed by atoms with van der Waals surface area (Å²) in [5.74, 6) is 1.63. The van der Waals surface area contributed by atoms with Gasteiger partial charge in [-0.3, -0.25) is 9.36 Å². The highest BCUT2D eigenvalue weighted by atomic mass is 32.2. The summed E-state index contributed by atoms with van der Waals surface area (Å²) in [6.45, 7) is 2.09. The van der Waals surface area contributed by atoms with Crippen LogP contribution in [-0.2, 0) is 12.2 Å². The molecule has 5 nitrogen and oxygen atoms in total. The van der Waals surface area contributed by atoms with Gasteiger partial charge in [0.15, 0.2) is 5.16 Å². The molecule has 0 N–H and O–H groups in total. The Kier molecular flexibility index (Phi) is 6.06. The largest absolute Gasteiger partial charge is 0.497 e. The molecule has 1 atom stereocenters. The Balaban J connectivity index is 1.74. The number of thioether (sulfide) groups is 2. The van der Waals surface area contributed by atoms with E-state index in [1.54, 1.807) is 42.7 Å². The van der Waals surface area contributed by atoms with Crippen molar-refractivity contribution in [2.45, 2.75) is 34.4 Å². The van der Waals surface area contributed by atoms with Crippen molar-refractivity contribution in [1.29, 1.82) is 0 Å². The number of methoxy groups -OCH3 is 2. The second kappa shape index (κ2) is 8.73. The Hall–Kier alpha value is -2.45. The van der Waals surface area contributed by atoms with Gasteiger partial charge in [0, 0.05) is 23.5 Å². The highest BCUT2D eigenvalue weighted by molar-refractivity contribution is 8.00. The summed E-state index contributed by atoms with van der Waals surface area (Å²) in [5.41, 5.74) is 2.31. The van der Waals surface area contributed by atoms with E-state index < -0.39 is 0 Å². The maximum Gasteiger partial charge on any atom is 0.272 e. The number of fused-ring (bicyclic) bond motifs is 1. The minimum atomic E-state index is -0.346. The number of ether oxygens (including phenoxy) is 2. The van der Waals surface area contributed by atoms with E-state index in [2.05, 4.69) is 6.92 Å². The van der Waals surface area contributed by atoms with E-state index in [1.807, 2.05) is 18.2 Å². The molecule has 0 fully saturated rings. The predicted molar refractivity (Wildman–Crippen MR) is 118 cm³/mol. The van der Waals surface area contributed by atoms with Gasteiger partial charge in [-0.2, -0.15) is 0 Å². The molecule has 0 aliphatic carbocycles. The average molecular weight is 445 g/mol. The van der Waals surface area contributed by atoms with Crippen LogP contribution in [0.1, 0.15) is 18.2 Å². The molecule has 0 saturated carbocycles. The van der Waals surface area contributed by atoms with E-state index in [0.29, 0.717) is 38.2 Å². The second-order valence-corrected chi connectivity index (χ2v) is 9.32. The summed E-state index contributed by atoms with van der Waals surface area (Å²) in [4.78, 5) is 18.8. The van der Waals surface area contributed by atoms with Crippen molar-refractivity contribution in [2.75, 3.05) is 14.2 Å². The molecule has 0 saturated heterocycles. The minimum absolute atomic E-state index is 0.105. The lowest BCUT2D eigenvalue weighted by Crippen LogP contribution is -2.23. The van der Waals surface area contributed by atoms with Crippen LogP contribution in [0.5, 0.6) is 11.5 Å². The molecule has 4 rings (SSSR count). The van der Waals surface area contributed by atoms with Gasteiger partial charge in [-0.1, -0.05) is 18.7 Å². The molecule has 8 heteroatoms. The molecule has 1 aliphatic rings. The summed E-state index contributed by atoms with van der Waals surface area (Å²) < 4.78 is 25.7. The monoisotopic (exact) mass is 444 g/mol. The van der Waals surface area contributed by atoms with Crippen LogP contribution < -0.4 is 15.0 Å². The lowest BCUT2D eigenvalue weighted by Gasteiger charge is -2.14. The maximum absolute atomic E-state index is 13.5. The normalized spacial score (nSPS) is 15.1. The predicted octanol–water partition coefficient (Wildman–Crippen LogP) is 4.72. The van der Waals surface area contributed by atoms with Crippen molar-refractivity contribution in [1.82, 2.24) is 9.55 Å². The molecule has 0 amide bonds. The molecule has 2 aromatic carbocycles. The number of nitrogens with zero attached hydrogens (tertiary/aromatic N) is 2. The summed E-state index contributed by atoms with van der Waals surface area (Å²) in [6, 6.07) is 11.6. The van der Waals surface area contributed by atoms with Gasteiger partial charge in [-0.05, 0) is 42.0 Å². The number of halogens is 1. The molecule has 1 aliphatic heterocycles. The zero-order chi connectivity index (χ0) is 21.3. The first-order valence-electron chi connectivity index (χ1n) is 9.41. The molecule has 1 unspecified atom stereocenters. The number of hydrogen-bond acceptors (Lipinski definition) is 6. The molecular formula is C22H21FN2O3S2. The van der Waals surface area contributed by atoms with Crippen LogP contribution in [0.3, 0.4) is 0 Å². The molecule has 2 heterocycles. The van der Waals surface area contributed by atoms with Crippen molar-refractivity contribution in [3.05, 3.63) is 69.9 Å². The summed E-state index contributed by atoms with van der Waals surface area (Å²) in [6.07, 6.45) is 0.764. The first-order valence-corrected chi connectivity index (χ1v) is 11.3. The third-order valence-electron chi connectivity index (χ3n) is 4.75. The zero-order valence-electron chi connectivity index (χ0n) is 16.8. The SMILES string of the molecule is COc1cc(CSc2nc3c(c(=O)n2-c2ccc(F)cc2)SC(C)C3)cc(OC)c1. The van der Waals surface area contributed by atoms with Crippen LogP contribution in [0.2, 0.25) is 0 Å². The highest BCUT2D eigenvalue weighted by Gasteiger charge is 2.27. The molecular weight excluding hydrogens is 423 g/mol. The Labute approximate surface area is 182 Å². The van der Waals surface area contributed by atoms with Crippen LogP contribution in [-0.4, -0.2) is 29.0 Å². The van der Waals surface area contributed by atoms with E-state index in [1.165, 1.54) is 23.9 Å². The van der Waals surface area contributed by atoms with Gasteiger partial charge in [0.1, 0.15) is 17.3 Å². The quantitative estimate of drug-likeness (QED) is 0.405. The Bertz CT molecular complexity index is 1110. The lowest BCUT2D eigenvalue weighted by molar-refractivity contribution is 0.393. The van der Waals surface area contributed by atoms with Crippen LogP contribution >= 0.6 is 23.5 Å². The number of aromatic nitrogens is 2. The van der Waals surface area contributed by atoms with Gasteiger partial charge in [0.25, 0.3) is 5.56 Å². The van der Waals surface area contributed by atoms with Crippen LogP contribution in [0.25, 0.3) is 5.69 Å². The van der Waals surface area contributed by atoms with Gasteiger partial charge in [-0.25, -0.2) is 9.37 Å². The molecule has 0 bridgehead atoms. The standard InChI is InChI=1S/C22H21FN2O3S2/c1-13-8-19-20(30-13)21(26)25(16-6-4-15(23)5-7-16)22(24-19)29-12-14-9-17(27-2)11-18(10-14)28-3/h4-7,9-11,13H,8,12H2,1-3H3. The molecule has 0 spiro atoms. The van der Waals surface area contributed by atoms with E-state index in [4.69, 9.17) is 14.5 Å². The average Bonchev–Trinajstić information content (AvgIpc) is 3.13. The highest BCUT2D eigenvalue weighted by Crippen LogP contribution is 2.36. The molecule has 1 aromatic heterocycles. The van der Waals surface area contributed by atoms with Crippen molar-refractivity contribution in [2.24, 2.45) is 0 Å². The third kappa shape index (κ3) is 4.20. The Morgan fingerprint density at radius 2 is 1.83 bits per heavy atom. The zero-order valence-corrected chi connectivity index (χ0v) is 18.5. The lowest BCUT2D eigenvalue weighted by atomic mass is 10.2. The fraction of sp³-hybridized carbons (Fsp3) is 0.273. The second-order valence-electron chi connectivity index (χ2n) is 6.93. The molecule has 3 aromatic rings. The summed E-state index contributed by atoms with van der Waals surface area (Å²) >= 11 is 3.01. The van der Waals surface area contributed by atoms with Crippen LogP contribution in [0.15, 0.2) is 57.3 Å².